The number of carbonyl (C=O) groups excluding carboxylic acids is 10. The molecule has 3 aromatic rings. The minimum absolute atomic E-state index is 0. The lowest BCUT2D eigenvalue weighted by Crippen LogP contribution is -2.54. The summed E-state index contributed by atoms with van der Waals surface area (Å²) < 4.78 is 23.3. The molecule has 1 aliphatic heterocycles. The van der Waals surface area contributed by atoms with Crippen LogP contribution in [-0.4, -0.2) is 226 Å². The second kappa shape index (κ2) is 46.0. The number of ether oxygens (including phenoxy) is 4. The summed E-state index contributed by atoms with van der Waals surface area (Å²) >= 11 is 3.34. The standard InChI is InChI=1S/C73H113N13O14S2.CH4/c1-17-45(6)68(85(12)73(96)53(43(2)3)37-62(89)67(44(4)5)84(10)11)63(97-13)39-66(92)86-28-18-19-59(86)69(98-14)47(8)71(94)79-52(40-77-83-75)34-49-20-22-50(23-21-49)35-61(88)56(38-64(74)90)82-70(93)46(7)33-60(87)48(9)78-65(91)26-29-99-31-32-100-30-27-76-72(95)51-24-25-54-55(36-51)81-58(42-102-16)57(80-54)41-101-15;/h20-25,36,43-48,52-53,56,59,63,67-69H,17-19,26-35,37-42H2,1-16H3,(H2,74,90)(H,76,95)(H,78,91)(H,79,94)(H,82,93);1H4/t45-,46+,47+,48-,52-,53-,56-,59-,63+,67-,68-,69+;/m0./s1. The summed E-state index contributed by atoms with van der Waals surface area (Å²) in [4.78, 5) is 153. The highest BCUT2D eigenvalue weighted by molar-refractivity contribution is 7.98. The van der Waals surface area contributed by atoms with Gasteiger partial charge in [-0.2, -0.15) is 23.5 Å². The van der Waals surface area contributed by atoms with Crippen molar-refractivity contribution in [1.82, 2.24) is 45.9 Å². The van der Waals surface area contributed by atoms with Gasteiger partial charge in [0.05, 0.1) is 110 Å². The number of hydrogen-bond acceptors (Lipinski definition) is 20. The van der Waals surface area contributed by atoms with E-state index in [0.717, 1.165) is 28.4 Å². The number of azide groups is 1. The Bertz CT molecular complexity index is 3310. The fourth-order valence-corrected chi connectivity index (χ4v) is 14.1. The number of nitrogens with two attached hydrogens (primary N) is 1. The summed E-state index contributed by atoms with van der Waals surface area (Å²) in [5, 5.41) is 14.8. The fourth-order valence-electron chi connectivity index (χ4n) is 13.1. The second-order valence-electron chi connectivity index (χ2n) is 27.6. The van der Waals surface area contributed by atoms with Crippen molar-refractivity contribution in [2.45, 2.75) is 194 Å². The summed E-state index contributed by atoms with van der Waals surface area (Å²) in [7, 11) is 8.51. The highest BCUT2D eigenvalue weighted by Crippen LogP contribution is 2.32. The number of benzene rings is 2. The van der Waals surface area contributed by atoms with Crippen molar-refractivity contribution in [3.05, 3.63) is 81.0 Å². The first kappa shape index (κ1) is 90.1. The molecule has 0 spiro atoms. The van der Waals surface area contributed by atoms with Gasteiger partial charge < -0.3 is 55.7 Å². The number of nitrogens with zero attached hydrogens (tertiary/aromatic N) is 8. The lowest BCUT2D eigenvalue weighted by atomic mass is 9.83. The van der Waals surface area contributed by atoms with Gasteiger partial charge in [0, 0.05) is 106 Å². The van der Waals surface area contributed by atoms with E-state index in [1.54, 1.807) is 89.8 Å². The maximum atomic E-state index is 14.6. The van der Waals surface area contributed by atoms with E-state index in [1.807, 2.05) is 73.0 Å². The quantitative estimate of drug-likeness (QED) is 0.0158. The molecule has 2 aromatic carbocycles. The number of hydrogen-bond donors (Lipinski definition) is 5. The van der Waals surface area contributed by atoms with Crippen LogP contribution in [0.15, 0.2) is 47.6 Å². The number of thioether (sulfide) groups is 2. The number of primary amides is 1. The minimum atomic E-state index is -1.31. The van der Waals surface area contributed by atoms with Crippen LogP contribution in [0.25, 0.3) is 21.5 Å². The largest absolute Gasteiger partial charge is 0.379 e. The zero-order valence-corrected chi connectivity index (χ0v) is 64.4. The highest BCUT2D eigenvalue weighted by atomic mass is 32.2. The van der Waals surface area contributed by atoms with Crippen LogP contribution in [0.5, 0.6) is 0 Å². The number of aromatic nitrogens is 2. The van der Waals surface area contributed by atoms with E-state index in [2.05, 4.69) is 31.3 Å². The topological polar surface area (TPSA) is 366 Å². The van der Waals surface area contributed by atoms with Crippen molar-refractivity contribution >= 4 is 93.3 Å². The molecule has 0 saturated carbocycles. The smallest absolute Gasteiger partial charge is 0.251 e. The summed E-state index contributed by atoms with van der Waals surface area (Å²) in [5.74, 6) is -4.98. The average molecular weight is 1480 g/mol. The number of carbonyl (C=O) groups is 10. The van der Waals surface area contributed by atoms with Crippen LogP contribution in [0.2, 0.25) is 0 Å². The number of fused-ring (bicyclic) bond motifs is 1. The maximum absolute atomic E-state index is 14.6. The van der Waals surface area contributed by atoms with Gasteiger partial charge in [-0.25, -0.2) is 9.97 Å². The molecule has 6 N–H and O–H groups in total. The molecule has 0 unspecified atom stereocenters. The molecule has 1 saturated heterocycles. The second-order valence-corrected chi connectivity index (χ2v) is 29.3. The first-order chi connectivity index (χ1) is 48.4. The van der Waals surface area contributed by atoms with Gasteiger partial charge in [-0.15, -0.1) is 0 Å². The average Bonchev–Trinajstić information content (AvgIpc) is 1.79. The Labute approximate surface area is 618 Å². The van der Waals surface area contributed by atoms with Crippen molar-refractivity contribution < 1.29 is 66.9 Å². The predicted molar refractivity (Wildman–Crippen MR) is 403 cm³/mol. The van der Waals surface area contributed by atoms with Gasteiger partial charge in [-0.05, 0) is 105 Å². The zero-order chi connectivity index (χ0) is 75.9. The number of amides is 7. The molecule has 1 aliphatic rings. The first-order valence-corrected chi connectivity index (χ1v) is 38.1. The molecular weight excluding hydrogens is 1360 g/mol. The fraction of sp³-hybridized carbons (Fsp3) is 0.676. The molecule has 27 nitrogen and oxygen atoms in total. The molecule has 103 heavy (non-hydrogen) atoms. The SMILES string of the molecule is C.CC[C@H](C)[C@@H]([C@@H](CC(=O)N1CCC[C@H]1[C@H](OC)[C@@H](C)C(=O)N[C@H](CN=[N+]=[N-])Cc1ccc(CC(=O)[C@H](CC(N)=O)NC(=O)[C@H](C)CC(=O)[C@H](C)NC(=O)CCOCCOCCNC(=O)c2ccc3nc(CSC)c(CSC)nc3c2)cc1)OC)N(C)C(=O)[C@@H](CC(=O)[C@H](C(C)C)N(C)C)C(C)C. The van der Waals surface area contributed by atoms with Crippen molar-refractivity contribution in [3.8, 4) is 0 Å². The molecule has 0 radical (unpaired) electrons. The van der Waals surface area contributed by atoms with Crippen molar-refractivity contribution in [3.63, 3.8) is 0 Å². The van der Waals surface area contributed by atoms with Crippen LogP contribution in [0.1, 0.15) is 154 Å². The van der Waals surface area contributed by atoms with Gasteiger partial charge in [0.2, 0.25) is 35.4 Å². The number of ketones is 3. The molecule has 4 rings (SSSR count). The lowest BCUT2D eigenvalue weighted by molar-refractivity contribution is -0.149. The lowest BCUT2D eigenvalue weighted by Gasteiger charge is -2.41. The van der Waals surface area contributed by atoms with Crippen LogP contribution in [0, 0.1) is 35.5 Å². The van der Waals surface area contributed by atoms with Crippen molar-refractivity contribution in [2.75, 3.05) is 93.9 Å². The number of Topliss-reactive ketones (excluding diaryl/α,β-unsaturated/α-hetero) is 3. The normalized spacial score (nSPS) is 16.2. The summed E-state index contributed by atoms with van der Waals surface area (Å²) in [5.41, 5.74) is 19.8. The third-order valence-corrected chi connectivity index (χ3v) is 20.0. The van der Waals surface area contributed by atoms with Gasteiger partial charge in [0.1, 0.15) is 0 Å². The van der Waals surface area contributed by atoms with E-state index in [9.17, 15) is 53.5 Å². The predicted octanol–water partition coefficient (Wildman–Crippen LogP) is 7.49. The van der Waals surface area contributed by atoms with Gasteiger partial charge in [-0.1, -0.05) is 98.6 Å². The Balaban J connectivity index is 0.0000276. The van der Waals surface area contributed by atoms with E-state index >= 15 is 0 Å². The Hall–Kier alpha value is -7.11. The van der Waals surface area contributed by atoms with Crippen LogP contribution in [-0.2, 0) is 86.4 Å². The first-order valence-electron chi connectivity index (χ1n) is 35.3. The van der Waals surface area contributed by atoms with Crippen LogP contribution >= 0.6 is 23.5 Å². The number of rotatable bonds is 48. The van der Waals surface area contributed by atoms with Gasteiger partial charge in [0.15, 0.2) is 17.3 Å². The Morgan fingerprint density at radius 2 is 1.38 bits per heavy atom. The molecular formula is C74H117N13O14S2. The summed E-state index contributed by atoms with van der Waals surface area (Å²) in [6.45, 7) is 17.9. The van der Waals surface area contributed by atoms with Crippen LogP contribution < -0.4 is 27.0 Å². The van der Waals surface area contributed by atoms with Crippen LogP contribution in [0.4, 0.5) is 0 Å². The van der Waals surface area contributed by atoms with Crippen molar-refractivity contribution in [1.29, 1.82) is 0 Å². The monoisotopic (exact) mass is 1480 g/mol. The molecule has 12 atom stereocenters. The van der Waals surface area contributed by atoms with E-state index in [0.29, 0.717) is 48.0 Å². The molecule has 1 fully saturated rings. The number of likely N-dealkylation sites (tertiary alicyclic amines) is 1. The zero-order valence-electron chi connectivity index (χ0n) is 62.7. The van der Waals surface area contributed by atoms with E-state index in [1.165, 1.54) is 28.1 Å². The van der Waals surface area contributed by atoms with Gasteiger partial charge in [-0.3, -0.25) is 52.8 Å². The molecule has 0 aliphatic carbocycles. The van der Waals surface area contributed by atoms with E-state index in [4.69, 9.17) is 34.6 Å². The maximum Gasteiger partial charge on any atom is 0.251 e. The number of methoxy groups -OCH3 is 2. The van der Waals surface area contributed by atoms with E-state index in [-0.39, 0.29) is 133 Å². The number of nitrogens with one attached hydrogen (secondary N) is 4. The van der Waals surface area contributed by atoms with E-state index < -0.39 is 102 Å². The number of likely N-dealkylation sites (N-methyl/N-ethyl adjacent to an activating group) is 2. The Kier molecular flexibility index (Phi) is 40.2. The summed E-state index contributed by atoms with van der Waals surface area (Å²) in [6, 6.07) is 7.83. The molecule has 29 heteroatoms. The Morgan fingerprint density at radius 3 is 1.95 bits per heavy atom. The van der Waals surface area contributed by atoms with Crippen molar-refractivity contribution in [2.24, 2.45) is 46.4 Å². The third kappa shape index (κ3) is 28.4. The highest BCUT2D eigenvalue weighted by Gasteiger charge is 2.44. The third-order valence-electron chi connectivity index (χ3n) is 18.9. The molecule has 574 valence electrons. The molecule has 1 aromatic heterocycles. The van der Waals surface area contributed by atoms with Crippen LogP contribution in [0.3, 0.4) is 0 Å². The Morgan fingerprint density at radius 1 is 0.748 bits per heavy atom. The molecule has 7 amide bonds. The molecule has 0 bridgehead atoms. The van der Waals surface area contributed by atoms with Gasteiger partial charge in [0.25, 0.3) is 5.91 Å². The summed E-state index contributed by atoms with van der Waals surface area (Å²) in [6.07, 6.45) is 3.72. The molecule has 2 heterocycles. The minimum Gasteiger partial charge on any atom is -0.379 e. The van der Waals surface area contributed by atoms with Gasteiger partial charge >= 0.3 is 0 Å².